The molecule has 0 radical (unpaired) electrons. The van der Waals surface area contributed by atoms with Crippen LogP contribution in [-0.4, -0.2) is 34.8 Å². The summed E-state index contributed by atoms with van der Waals surface area (Å²) >= 11 is 0. The van der Waals surface area contributed by atoms with Gasteiger partial charge < -0.3 is 10.2 Å². The number of halogens is 3. The van der Waals surface area contributed by atoms with Crippen molar-refractivity contribution in [2.45, 2.75) is 57.2 Å². The van der Waals surface area contributed by atoms with E-state index in [1.807, 2.05) is 13.8 Å². The van der Waals surface area contributed by atoms with E-state index >= 15 is 4.39 Å². The first-order valence-electron chi connectivity index (χ1n) is 10.5. The van der Waals surface area contributed by atoms with Gasteiger partial charge in [-0.2, -0.15) is 0 Å². The normalized spacial score (nSPS) is 25.5. The Balaban J connectivity index is 1.71. The summed E-state index contributed by atoms with van der Waals surface area (Å²) in [5.74, 6) is -2.12. The Hall–Kier alpha value is -2.83. The minimum atomic E-state index is -0.784. The molecule has 2 aromatic rings. The second-order valence-corrected chi connectivity index (χ2v) is 8.91. The van der Waals surface area contributed by atoms with Crippen molar-refractivity contribution in [1.82, 2.24) is 10.2 Å². The van der Waals surface area contributed by atoms with Gasteiger partial charge in [0.05, 0.1) is 11.6 Å². The molecule has 4 nitrogen and oxygen atoms in total. The Bertz CT molecular complexity index is 1000. The van der Waals surface area contributed by atoms with Gasteiger partial charge in [-0.25, -0.2) is 13.2 Å². The average molecular weight is 430 g/mol. The maximum absolute atomic E-state index is 15.5. The van der Waals surface area contributed by atoms with Gasteiger partial charge in [0, 0.05) is 23.6 Å². The lowest BCUT2D eigenvalue weighted by atomic mass is 9.86. The van der Waals surface area contributed by atoms with Crippen molar-refractivity contribution in [3.05, 3.63) is 59.4 Å². The zero-order valence-electron chi connectivity index (χ0n) is 17.5. The highest BCUT2D eigenvalue weighted by atomic mass is 19.1. The molecule has 2 amide bonds. The predicted octanol–water partition coefficient (Wildman–Crippen LogP) is 4.22. The summed E-state index contributed by atoms with van der Waals surface area (Å²) in [6, 6.07) is 7.09. The van der Waals surface area contributed by atoms with Crippen molar-refractivity contribution in [2.24, 2.45) is 5.92 Å². The van der Waals surface area contributed by atoms with Gasteiger partial charge in [-0.05, 0) is 62.8 Å². The molecule has 31 heavy (non-hydrogen) atoms. The van der Waals surface area contributed by atoms with Gasteiger partial charge in [0.2, 0.25) is 12.3 Å². The molecule has 1 aliphatic carbocycles. The van der Waals surface area contributed by atoms with Crippen LogP contribution in [0.2, 0.25) is 0 Å². The monoisotopic (exact) mass is 430 g/mol. The van der Waals surface area contributed by atoms with Gasteiger partial charge in [0.1, 0.15) is 17.5 Å². The van der Waals surface area contributed by atoms with Gasteiger partial charge in [-0.3, -0.25) is 9.59 Å². The number of amides is 2. The minimum absolute atomic E-state index is 0.00465. The topological polar surface area (TPSA) is 49.4 Å². The number of hydrogen-bond donors (Lipinski definition) is 1. The van der Waals surface area contributed by atoms with Crippen LogP contribution < -0.4 is 5.32 Å². The third kappa shape index (κ3) is 4.05. The van der Waals surface area contributed by atoms with E-state index in [4.69, 9.17) is 0 Å². The smallest absolute Gasteiger partial charge is 0.226 e. The number of nitrogens with zero attached hydrogens (tertiary/aromatic N) is 1. The second kappa shape index (κ2) is 8.02. The summed E-state index contributed by atoms with van der Waals surface area (Å²) in [5, 5.41) is 2.85. The first-order chi connectivity index (χ1) is 14.7. The van der Waals surface area contributed by atoms with Gasteiger partial charge in [-0.15, -0.1) is 0 Å². The lowest BCUT2D eigenvalue weighted by Gasteiger charge is -2.36. The van der Waals surface area contributed by atoms with Crippen molar-refractivity contribution in [3.8, 4) is 11.1 Å². The zero-order chi connectivity index (χ0) is 22.3. The maximum atomic E-state index is 15.5. The van der Waals surface area contributed by atoms with Crippen LogP contribution in [0.5, 0.6) is 0 Å². The number of likely N-dealkylation sites (tertiary alicyclic amines) is 1. The third-order valence-electron chi connectivity index (χ3n) is 6.50. The van der Waals surface area contributed by atoms with Gasteiger partial charge in [-0.1, -0.05) is 18.2 Å². The predicted molar refractivity (Wildman–Crippen MR) is 110 cm³/mol. The molecule has 1 N–H and O–H groups in total. The number of benzene rings is 2. The molecule has 4 rings (SSSR count). The molecular formula is C24H25F3N2O2. The lowest BCUT2D eigenvalue weighted by molar-refractivity contribution is -0.136. The van der Waals surface area contributed by atoms with E-state index in [1.165, 1.54) is 6.07 Å². The van der Waals surface area contributed by atoms with Gasteiger partial charge in [0.25, 0.3) is 0 Å². The number of carbonyl (C=O) groups is 2. The molecule has 3 unspecified atom stereocenters. The fourth-order valence-corrected chi connectivity index (χ4v) is 4.87. The quantitative estimate of drug-likeness (QED) is 0.698. The molecule has 2 aromatic carbocycles. The molecule has 0 aromatic heterocycles. The molecule has 2 aliphatic rings. The van der Waals surface area contributed by atoms with Crippen molar-refractivity contribution >= 4 is 12.3 Å². The van der Waals surface area contributed by atoms with Crippen molar-refractivity contribution in [2.75, 3.05) is 0 Å². The van der Waals surface area contributed by atoms with E-state index in [-0.39, 0.29) is 35.4 Å². The SMILES string of the molecule is CC1CC(C)(NC=O)C(Cc2cccc(-c3cc(F)cc(F)c3)c2F)N1C(=O)C1CC1. The van der Waals surface area contributed by atoms with Gasteiger partial charge in [0.15, 0.2) is 0 Å². The van der Waals surface area contributed by atoms with Crippen LogP contribution >= 0.6 is 0 Å². The van der Waals surface area contributed by atoms with Crippen molar-refractivity contribution < 1.29 is 22.8 Å². The van der Waals surface area contributed by atoms with E-state index < -0.39 is 29.0 Å². The van der Waals surface area contributed by atoms with Crippen LogP contribution in [-0.2, 0) is 16.0 Å². The number of hydrogen-bond acceptors (Lipinski definition) is 2. The van der Waals surface area contributed by atoms with E-state index in [9.17, 15) is 18.4 Å². The Labute approximate surface area is 179 Å². The summed E-state index contributed by atoms with van der Waals surface area (Å²) < 4.78 is 42.8. The number of rotatable bonds is 6. The standard InChI is InChI=1S/C24H25F3N2O2/c1-14-12-24(2,28-13-30)21(29(14)23(31)15-6-7-15)10-16-4-3-5-20(22(16)27)17-8-18(25)11-19(26)9-17/h3-5,8-9,11,13-15,21H,6-7,10,12H2,1-2H3,(H,28,30). The van der Waals surface area contributed by atoms with Crippen molar-refractivity contribution in [1.29, 1.82) is 0 Å². The molecule has 164 valence electrons. The second-order valence-electron chi connectivity index (χ2n) is 8.91. The summed E-state index contributed by atoms with van der Waals surface area (Å²) in [6.07, 6.45) is 3.05. The maximum Gasteiger partial charge on any atom is 0.226 e. The van der Waals surface area contributed by atoms with Crippen LogP contribution in [0.1, 0.15) is 38.7 Å². The molecule has 1 aliphatic heterocycles. The highest BCUT2D eigenvalue weighted by molar-refractivity contribution is 5.82. The lowest BCUT2D eigenvalue weighted by Crippen LogP contribution is -2.55. The molecule has 1 saturated carbocycles. The molecule has 1 saturated heterocycles. The summed E-state index contributed by atoms with van der Waals surface area (Å²) in [6.45, 7) is 3.81. The molecule has 0 bridgehead atoms. The number of carbonyl (C=O) groups excluding carboxylic acids is 2. The summed E-state index contributed by atoms with van der Waals surface area (Å²) in [5.41, 5.74) is -0.184. The first-order valence-corrected chi connectivity index (χ1v) is 10.5. The summed E-state index contributed by atoms with van der Waals surface area (Å²) in [7, 11) is 0. The van der Waals surface area contributed by atoms with E-state index in [1.54, 1.807) is 17.0 Å². The fourth-order valence-electron chi connectivity index (χ4n) is 4.87. The third-order valence-corrected chi connectivity index (χ3v) is 6.50. The Morgan fingerprint density at radius 3 is 2.48 bits per heavy atom. The van der Waals surface area contributed by atoms with Crippen LogP contribution in [0.4, 0.5) is 13.2 Å². The Kier molecular flexibility index (Phi) is 5.54. The molecule has 7 heteroatoms. The molecule has 1 heterocycles. The summed E-state index contributed by atoms with van der Waals surface area (Å²) in [4.78, 5) is 26.1. The van der Waals surface area contributed by atoms with E-state index in [2.05, 4.69) is 5.32 Å². The first kappa shape index (κ1) is 21.4. The van der Waals surface area contributed by atoms with E-state index in [0.717, 1.165) is 31.0 Å². The minimum Gasteiger partial charge on any atom is -0.351 e. The zero-order valence-corrected chi connectivity index (χ0v) is 17.5. The van der Waals surface area contributed by atoms with E-state index in [0.29, 0.717) is 18.4 Å². The van der Waals surface area contributed by atoms with Gasteiger partial charge >= 0.3 is 0 Å². The van der Waals surface area contributed by atoms with Crippen LogP contribution in [0, 0.1) is 23.4 Å². The Morgan fingerprint density at radius 1 is 1.19 bits per heavy atom. The largest absolute Gasteiger partial charge is 0.351 e. The molecule has 3 atom stereocenters. The number of nitrogens with one attached hydrogen (secondary N) is 1. The Morgan fingerprint density at radius 2 is 1.87 bits per heavy atom. The van der Waals surface area contributed by atoms with Crippen LogP contribution in [0.3, 0.4) is 0 Å². The van der Waals surface area contributed by atoms with Crippen LogP contribution in [0.25, 0.3) is 11.1 Å². The highest BCUT2D eigenvalue weighted by Crippen LogP contribution is 2.41. The molecule has 2 fully saturated rings. The average Bonchev–Trinajstić information content (AvgIpc) is 3.50. The van der Waals surface area contributed by atoms with Crippen molar-refractivity contribution in [3.63, 3.8) is 0 Å². The fraction of sp³-hybridized carbons (Fsp3) is 0.417. The highest BCUT2D eigenvalue weighted by Gasteiger charge is 2.51. The molecular weight excluding hydrogens is 405 g/mol. The van der Waals surface area contributed by atoms with Crippen LogP contribution in [0.15, 0.2) is 36.4 Å². The molecule has 0 spiro atoms.